The van der Waals surface area contributed by atoms with Crippen molar-refractivity contribution < 1.29 is 4.79 Å². The van der Waals surface area contributed by atoms with Crippen LogP contribution in [0.1, 0.15) is 24.5 Å². The molecular weight excluding hydrogens is 246 g/mol. The van der Waals surface area contributed by atoms with Crippen LogP contribution in [0.15, 0.2) is 66.5 Å². The Morgan fingerprint density at radius 3 is 2.35 bits per heavy atom. The van der Waals surface area contributed by atoms with Crippen molar-refractivity contribution in [1.82, 2.24) is 4.98 Å². The Balaban J connectivity index is 2.12. The number of ketones is 1. The zero-order valence-corrected chi connectivity index (χ0v) is 11.3. The minimum Gasteiger partial charge on any atom is -0.295 e. The number of rotatable bonds is 3. The maximum absolute atomic E-state index is 11.7. The molecule has 20 heavy (non-hydrogen) atoms. The highest BCUT2D eigenvalue weighted by Gasteiger charge is 2.20. The molecule has 0 bridgehead atoms. The van der Waals surface area contributed by atoms with E-state index < -0.39 is 0 Å². The van der Waals surface area contributed by atoms with Gasteiger partial charge in [0.25, 0.3) is 0 Å². The van der Waals surface area contributed by atoms with E-state index in [1.165, 1.54) is 5.57 Å². The van der Waals surface area contributed by atoms with Gasteiger partial charge in [0.15, 0.2) is 5.78 Å². The summed E-state index contributed by atoms with van der Waals surface area (Å²) in [4.78, 5) is 15.8. The second kappa shape index (κ2) is 5.25. The van der Waals surface area contributed by atoms with E-state index >= 15 is 0 Å². The average molecular weight is 261 g/mol. The van der Waals surface area contributed by atoms with Crippen molar-refractivity contribution in [2.45, 2.75) is 13.3 Å². The number of aromatic nitrogens is 1. The molecule has 2 aromatic rings. The fraction of sp³-hybridized carbons (Fsp3) is 0.111. The lowest BCUT2D eigenvalue weighted by molar-refractivity contribution is -0.113. The zero-order valence-electron chi connectivity index (χ0n) is 11.3. The molecule has 0 amide bonds. The molecular formula is C18H15NO. The average Bonchev–Trinajstić information content (AvgIpc) is 2.94. The molecule has 0 aliphatic heterocycles. The molecule has 1 aliphatic rings. The Hall–Kier alpha value is -2.48. The summed E-state index contributed by atoms with van der Waals surface area (Å²) in [6.07, 6.45) is 6.30. The van der Waals surface area contributed by atoms with Crippen molar-refractivity contribution >= 4 is 16.9 Å². The van der Waals surface area contributed by atoms with Gasteiger partial charge in [-0.3, -0.25) is 9.78 Å². The van der Waals surface area contributed by atoms with Crippen LogP contribution in [0.2, 0.25) is 0 Å². The van der Waals surface area contributed by atoms with Crippen LogP contribution >= 0.6 is 0 Å². The highest BCUT2D eigenvalue weighted by Crippen LogP contribution is 2.38. The van der Waals surface area contributed by atoms with E-state index in [2.05, 4.69) is 17.1 Å². The number of carbonyl (C=O) groups is 1. The van der Waals surface area contributed by atoms with Gasteiger partial charge in [0.05, 0.1) is 0 Å². The van der Waals surface area contributed by atoms with E-state index in [1.807, 2.05) is 36.4 Å². The SMILES string of the molecule is CC(=O)C1=CC(c2ccccc2)=C(c2ccncc2)C1. The highest BCUT2D eigenvalue weighted by molar-refractivity contribution is 6.08. The molecule has 1 aromatic carbocycles. The maximum atomic E-state index is 11.7. The van der Waals surface area contributed by atoms with Gasteiger partial charge < -0.3 is 0 Å². The number of hydrogen-bond acceptors (Lipinski definition) is 2. The molecule has 1 aliphatic carbocycles. The number of Topliss-reactive ketones (excluding diaryl/α,β-unsaturated/α-hetero) is 1. The van der Waals surface area contributed by atoms with Gasteiger partial charge in [-0.05, 0) is 53.0 Å². The van der Waals surface area contributed by atoms with Crippen molar-refractivity contribution in [3.8, 4) is 0 Å². The molecule has 2 heteroatoms. The van der Waals surface area contributed by atoms with Gasteiger partial charge >= 0.3 is 0 Å². The summed E-state index contributed by atoms with van der Waals surface area (Å²) in [6, 6.07) is 14.2. The lowest BCUT2D eigenvalue weighted by Crippen LogP contribution is -1.94. The number of pyridine rings is 1. The van der Waals surface area contributed by atoms with Crippen molar-refractivity contribution in [2.24, 2.45) is 0 Å². The van der Waals surface area contributed by atoms with E-state index in [0.717, 1.165) is 22.3 Å². The zero-order chi connectivity index (χ0) is 13.9. The van der Waals surface area contributed by atoms with Gasteiger partial charge in [0.1, 0.15) is 0 Å². The molecule has 3 rings (SSSR count). The summed E-state index contributed by atoms with van der Waals surface area (Å²) < 4.78 is 0. The summed E-state index contributed by atoms with van der Waals surface area (Å²) in [7, 11) is 0. The monoisotopic (exact) mass is 261 g/mol. The third-order valence-electron chi connectivity index (χ3n) is 3.58. The molecule has 0 saturated carbocycles. The number of carbonyl (C=O) groups excluding carboxylic acids is 1. The van der Waals surface area contributed by atoms with Crippen LogP contribution in [-0.4, -0.2) is 10.8 Å². The molecule has 2 nitrogen and oxygen atoms in total. The van der Waals surface area contributed by atoms with Crippen LogP contribution in [0.3, 0.4) is 0 Å². The predicted molar refractivity (Wildman–Crippen MR) is 80.9 cm³/mol. The standard InChI is InChI=1S/C18H15NO/c1-13(20)16-11-17(14-5-3-2-4-6-14)18(12-16)15-7-9-19-10-8-15/h2-11H,12H2,1H3. The fourth-order valence-corrected chi connectivity index (χ4v) is 2.51. The summed E-state index contributed by atoms with van der Waals surface area (Å²) in [5, 5.41) is 0. The normalized spacial score (nSPS) is 14.3. The van der Waals surface area contributed by atoms with E-state index in [1.54, 1.807) is 19.3 Å². The third-order valence-corrected chi connectivity index (χ3v) is 3.58. The first kappa shape index (κ1) is 12.5. The maximum Gasteiger partial charge on any atom is 0.156 e. The van der Waals surface area contributed by atoms with Crippen LogP contribution < -0.4 is 0 Å². The van der Waals surface area contributed by atoms with Gasteiger partial charge in [0, 0.05) is 18.8 Å². The first-order valence-electron chi connectivity index (χ1n) is 6.66. The topological polar surface area (TPSA) is 30.0 Å². The van der Waals surface area contributed by atoms with Crippen LogP contribution in [0.25, 0.3) is 11.1 Å². The predicted octanol–water partition coefficient (Wildman–Crippen LogP) is 3.91. The molecule has 98 valence electrons. The van der Waals surface area contributed by atoms with Crippen LogP contribution in [-0.2, 0) is 4.79 Å². The van der Waals surface area contributed by atoms with Gasteiger partial charge in [0.2, 0.25) is 0 Å². The number of benzene rings is 1. The second-order valence-electron chi connectivity index (χ2n) is 4.90. The minimum atomic E-state index is 0.141. The van der Waals surface area contributed by atoms with Crippen LogP contribution in [0, 0.1) is 0 Å². The Labute approximate surface area is 118 Å². The minimum absolute atomic E-state index is 0.141. The van der Waals surface area contributed by atoms with Crippen LogP contribution in [0.4, 0.5) is 0 Å². The van der Waals surface area contributed by atoms with Gasteiger partial charge in [-0.1, -0.05) is 30.3 Å². The van der Waals surface area contributed by atoms with E-state index in [4.69, 9.17) is 0 Å². The van der Waals surface area contributed by atoms with Gasteiger partial charge in [-0.2, -0.15) is 0 Å². The Kier molecular flexibility index (Phi) is 3.30. The van der Waals surface area contributed by atoms with Crippen molar-refractivity contribution in [3.05, 3.63) is 77.6 Å². The Morgan fingerprint density at radius 2 is 1.70 bits per heavy atom. The summed E-state index contributed by atoms with van der Waals surface area (Å²) in [6.45, 7) is 1.63. The molecule has 1 heterocycles. The summed E-state index contributed by atoms with van der Waals surface area (Å²) in [5.74, 6) is 0.141. The van der Waals surface area contributed by atoms with E-state index in [0.29, 0.717) is 6.42 Å². The summed E-state index contributed by atoms with van der Waals surface area (Å²) in [5.41, 5.74) is 5.49. The van der Waals surface area contributed by atoms with Crippen molar-refractivity contribution in [3.63, 3.8) is 0 Å². The summed E-state index contributed by atoms with van der Waals surface area (Å²) >= 11 is 0. The van der Waals surface area contributed by atoms with Gasteiger partial charge in [-0.15, -0.1) is 0 Å². The quantitative estimate of drug-likeness (QED) is 0.838. The first-order chi connectivity index (χ1) is 9.75. The van der Waals surface area contributed by atoms with Gasteiger partial charge in [-0.25, -0.2) is 0 Å². The lowest BCUT2D eigenvalue weighted by atomic mass is 9.97. The van der Waals surface area contributed by atoms with Crippen molar-refractivity contribution in [2.75, 3.05) is 0 Å². The second-order valence-corrected chi connectivity index (χ2v) is 4.90. The molecule has 0 unspecified atom stereocenters. The molecule has 0 saturated heterocycles. The van der Waals surface area contributed by atoms with E-state index in [-0.39, 0.29) is 5.78 Å². The third kappa shape index (κ3) is 2.32. The van der Waals surface area contributed by atoms with E-state index in [9.17, 15) is 4.79 Å². The lowest BCUT2D eigenvalue weighted by Gasteiger charge is -2.07. The first-order valence-corrected chi connectivity index (χ1v) is 6.66. The fourth-order valence-electron chi connectivity index (χ4n) is 2.51. The molecule has 0 fully saturated rings. The smallest absolute Gasteiger partial charge is 0.156 e. The molecule has 0 spiro atoms. The van der Waals surface area contributed by atoms with Crippen LogP contribution in [0.5, 0.6) is 0 Å². The molecule has 0 N–H and O–H groups in total. The largest absolute Gasteiger partial charge is 0.295 e. The number of nitrogens with zero attached hydrogens (tertiary/aromatic N) is 1. The number of allylic oxidation sites excluding steroid dienone is 4. The highest BCUT2D eigenvalue weighted by atomic mass is 16.1. The van der Waals surface area contributed by atoms with Crippen molar-refractivity contribution in [1.29, 1.82) is 0 Å². The number of hydrogen-bond donors (Lipinski definition) is 0. The molecule has 0 atom stereocenters. The Morgan fingerprint density at radius 1 is 1.00 bits per heavy atom. The molecule has 1 aromatic heterocycles. The Bertz CT molecular complexity index is 697. The molecule has 0 radical (unpaired) electrons.